The Bertz CT molecular complexity index is 553. The average molecular weight is 328 g/mol. The highest BCUT2D eigenvalue weighted by molar-refractivity contribution is 7.80. The first kappa shape index (κ1) is 16.0. The smallest absolute Gasteiger partial charge is 0.289 e. The first-order valence-corrected chi connectivity index (χ1v) is 7.77. The highest BCUT2D eigenvalue weighted by atomic mass is 35.5. The Hall–Kier alpha value is -1.40. The SMILES string of the molecule is CC1CCCCC1NC(=S)Nc1ccc(Cl)c([N+](=O)[O-])c1. The van der Waals surface area contributed by atoms with E-state index in [0.29, 0.717) is 22.8 Å². The molecule has 1 aromatic rings. The lowest BCUT2D eigenvalue weighted by atomic mass is 9.86. The van der Waals surface area contributed by atoms with Gasteiger partial charge in [-0.25, -0.2) is 0 Å². The number of hydrogen-bond donors (Lipinski definition) is 2. The van der Waals surface area contributed by atoms with Crippen LogP contribution in [-0.4, -0.2) is 16.1 Å². The molecule has 5 nitrogen and oxygen atoms in total. The van der Waals surface area contributed by atoms with E-state index >= 15 is 0 Å². The molecule has 2 unspecified atom stereocenters. The van der Waals surface area contributed by atoms with Gasteiger partial charge in [0.2, 0.25) is 0 Å². The van der Waals surface area contributed by atoms with Crippen LogP contribution in [0.3, 0.4) is 0 Å². The van der Waals surface area contributed by atoms with Crippen LogP contribution in [0.4, 0.5) is 11.4 Å². The van der Waals surface area contributed by atoms with E-state index in [0.717, 1.165) is 6.42 Å². The molecule has 1 saturated carbocycles. The predicted molar refractivity (Wildman–Crippen MR) is 88.9 cm³/mol. The quantitative estimate of drug-likeness (QED) is 0.496. The van der Waals surface area contributed by atoms with Crippen molar-refractivity contribution in [3.05, 3.63) is 33.3 Å². The number of halogens is 1. The number of thiocarbonyl (C=S) groups is 1. The standard InChI is InChI=1S/C14H18ClN3O2S/c1-9-4-2-3-5-12(9)17-14(21)16-10-6-7-11(15)13(8-10)18(19)20/h6-9,12H,2-5H2,1H3,(H2,16,17,21). The third-order valence-corrected chi connectivity index (χ3v) is 4.37. The van der Waals surface area contributed by atoms with Crippen LogP contribution in [0.15, 0.2) is 18.2 Å². The first-order valence-electron chi connectivity index (χ1n) is 6.99. The van der Waals surface area contributed by atoms with Crippen molar-refractivity contribution in [2.24, 2.45) is 5.92 Å². The van der Waals surface area contributed by atoms with Gasteiger partial charge < -0.3 is 10.6 Å². The molecule has 0 aromatic heterocycles. The Morgan fingerprint density at radius 3 is 2.81 bits per heavy atom. The third kappa shape index (κ3) is 4.28. The summed E-state index contributed by atoms with van der Waals surface area (Å²) in [7, 11) is 0. The molecule has 0 bridgehead atoms. The molecule has 1 fully saturated rings. The van der Waals surface area contributed by atoms with E-state index in [1.165, 1.54) is 31.4 Å². The Balaban J connectivity index is 1.99. The molecule has 21 heavy (non-hydrogen) atoms. The predicted octanol–water partition coefficient (Wildman–Crippen LogP) is 4.11. The summed E-state index contributed by atoms with van der Waals surface area (Å²) < 4.78 is 0. The van der Waals surface area contributed by atoms with Gasteiger partial charge in [0.15, 0.2) is 5.11 Å². The first-order chi connectivity index (χ1) is 9.97. The third-order valence-electron chi connectivity index (χ3n) is 3.83. The normalized spacial score (nSPS) is 21.6. The molecule has 2 rings (SSSR count). The van der Waals surface area contributed by atoms with Gasteiger partial charge in [0, 0.05) is 17.8 Å². The van der Waals surface area contributed by atoms with Crippen LogP contribution in [0, 0.1) is 16.0 Å². The van der Waals surface area contributed by atoms with E-state index < -0.39 is 4.92 Å². The summed E-state index contributed by atoms with van der Waals surface area (Å²) in [5.41, 5.74) is 0.433. The fraction of sp³-hybridized carbons (Fsp3) is 0.500. The second kappa shape index (κ2) is 7.04. The second-order valence-corrected chi connectivity index (χ2v) is 6.21. The highest BCUT2D eigenvalue weighted by Gasteiger charge is 2.22. The zero-order valence-corrected chi connectivity index (χ0v) is 13.3. The molecule has 0 radical (unpaired) electrons. The molecule has 1 aromatic carbocycles. The summed E-state index contributed by atoms with van der Waals surface area (Å²) in [5.74, 6) is 0.582. The monoisotopic (exact) mass is 327 g/mol. The molecule has 2 atom stereocenters. The number of benzene rings is 1. The molecule has 114 valence electrons. The molecule has 0 spiro atoms. The van der Waals surface area contributed by atoms with Gasteiger partial charge in [-0.15, -0.1) is 0 Å². The van der Waals surface area contributed by atoms with Crippen molar-refractivity contribution in [1.82, 2.24) is 5.32 Å². The number of nitro groups is 1. The van der Waals surface area contributed by atoms with Crippen molar-refractivity contribution in [3.63, 3.8) is 0 Å². The van der Waals surface area contributed by atoms with Gasteiger partial charge in [0.1, 0.15) is 5.02 Å². The summed E-state index contributed by atoms with van der Waals surface area (Å²) in [6, 6.07) is 4.92. The van der Waals surface area contributed by atoms with Gasteiger partial charge in [-0.05, 0) is 43.1 Å². The van der Waals surface area contributed by atoms with Gasteiger partial charge in [0.05, 0.1) is 4.92 Å². The van der Waals surface area contributed by atoms with Crippen molar-refractivity contribution >= 4 is 40.3 Å². The summed E-state index contributed by atoms with van der Waals surface area (Å²) in [4.78, 5) is 10.4. The largest absolute Gasteiger partial charge is 0.359 e. The topological polar surface area (TPSA) is 67.2 Å². The minimum absolute atomic E-state index is 0.116. The van der Waals surface area contributed by atoms with Crippen molar-refractivity contribution in [2.75, 3.05) is 5.32 Å². The van der Waals surface area contributed by atoms with Crippen molar-refractivity contribution in [2.45, 2.75) is 38.6 Å². The van der Waals surface area contributed by atoms with Crippen LogP contribution in [0.1, 0.15) is 32.6 Å². The van der Waals surface area contributed by atoms with Crippen LogP contribution in [-0.2, 0) is 0 Å². The summed E-state index contributed by atoms with van der Waals surface area (Å²) in [6.45, 7) is 2.21. The van der Waals surface area contributed by atoms with E-state index in [2.05, 4.69) is 17.6 Å². The molecule has 0 aliphatic heterocycles. The highest BCUT2D eigenvalue weighted by Crippen LogP contribution is 2.27. The van der Waals surface area contributed by atoms with Crippen LogP contribution in [0.2, 0.25) is 5.02 Å². The van der Waals surface area contributed by atoms with Gasteiger partial charge in [-0.2, -0.15) is 0 Å². The van der Waals surface area contributed by atoms with Crippen LogP contribution in [0.25, 0.3) is 0 Å². The maximum atomic E-state index is 10.9. The zero-order valence-electron chi connectivity index (χ0n) is 11.8. The number of hydrogen-bond acceptors (Lipinski definition) is 3. The Morgan fingerprint density at radius 2 is 2.14 bits per heavy atom. The molecule has 2 N–H and O–H groups in total. The van der Waals surface area contributed by atoms with Gasteiger partial charge >= 0.3 is 0 Å². The van der Waals surface area contributed by atoms with E-state index in [1.807, 2.05) is 0 Å². The van der Waals surface area contributed by atoms with E-state index in [1.54, 1.807) is 6.07 Å². The fourth-order valence-electron chi connectivity index (χ4n) is 2.60. The lowest BCUT2D eigenvalue weighted by Crippen LogP contribution is -2.43. The van der Waals surface area contributed by atoms with Crippen molar-refractivity contribution < 1.29 is 4.92 Å². The summed E-state index contributed by atoms with van der Waals surface area (Å²) in [5, 5.41) is 17.8. The lowest BCUT2D eigenvalue weighted by molar-refractivity contribution is -0.384. The lowest BCUT2D eigenvalue weighted by Gasteiger charge is -2.30. The molecule has 7 heteroatoms. The maximum Gasteiger partial charge on any atom is 0.289 e. The molecule has 0 amide bonds. The van der Waals surface area contributed by atoms with Gasteiger partial charge in [-0.1, -0.05) is 31.4 Å². The van der Waals surface area contributed by atoms with E-state index in [-0.39, 0.29) is 10.7 Å². The molecular weight excluding hydrogens is 310 g/mol. The summed E-state index contributed by atoms with van der Waals surface area (Å²) in [6.07, 6.45) is 4.77. The Labute approximate surface area is 134 Å². The van der Waals surface area contributed by atoms with E-state index in [4.69, 9.17) is 23.8 Å². The Kier molecular flexibility index (Phi) is 5.36. The van der Waals surface area contributed by atoms with Gasteiger partial charge in [-0.3, -0.25) is 10.1 Å². The number of anilines is 1. The second-order valence-electron chi connectivity index (χ2n) is 5.39. The minimum atomic E-state index is -0.507. The number of nitro benzene ring substituents is 1. The number of nitrogens with one attached hydrogen (secondary N) is 2. The zero-order chi connectivity index (χ0) is 15.4. The van der Waals surface area contributed by atoms with Crippen molar-refractivity contribution in [1.29, 1.82) is 0 Å². The van der Waals surface area contributed by atoms with Crippen LogP contribution >= 0.6 is 23.8 Å². The van der Waals surface area contributed by atoms with Crippen LogP contribution < -0.4 is 10.6 Å². The minimum Gasteiger partial charge on any atom is -0.359 e. The molecule has 1 aliphatic carbocycles. The van der Waals surface area contributed by atoms with Crippen LogP contribution in [0.5, 0.6) is 0 Å². The maximum absolute atomic E-state index is 10.9. The molecule has 1 aliphatic rings. The number of nitrogens with zero attached hydrogens (tertiary/aromatic N) is 1. The Morgan fingerprint density at radius 1 is 1.43 bits per heavy atom. The molecule has 0 saturated heterocycles. The molecule has 0 heterocycles. The van der Waals surface area contributed by atoms with Crippen molar-refractivity contribution in [3.8, 4) is 0 Å². The average Bonchev–Trinajstić information content (AvgIpc) is 2.43. The summed E-state index contributed by atoms with van der Waals surface area (Å²) >= 11 is 11.1. The van der Waals surface area contributed by atoms with E-state index in [9.17, 15) is 10.1 Å². The van der Waals surface area contributed by atoms with Gasteiger partial charge in [0.25, 0.3) is 5.69 Å². The number of rotatable bonds is 3. The fourth-order valence-corrected chi connectivity index (χ4v) is 3.05. The molecular formula is C14H18ClN3O2S.